The molecule has 0 unspecified atom stereocenters. The van der Waals surface area contributed by atoms with E-state index in [4.69, 9.17) is 5.73 Å². The standard InChI is InChI=1S/C6H15IN/c1-3-7-4-6(2)5-8/h6H,3-5,8H2,1-2H3/q-1/t6-/m1/s1. The van der Waals surface area contributed by atoms with E-state index in [1.165, 1.54) is 8.86 Å². The molecule has 0 aromatic carbocycles. The number of halogens is 1. The summed E-state index contributed by atoms with van der Waals surface area (Å²) in [7, 11) is 0. The molecular formula is C6H15IN-. The predicted molar refractivity (Wildman–Crippen MR) is 33.6 cm³/mol. The first kappa shape index (κ1) is 8.69. The minimum atomic E-state index is 0.501. The summed E-state index contributed by atoms with van der Waals surface area (Å²) in [4.78, 5) is 0. The second-order valence-corrected chi connectivity index (χ2v) is 5.44. The van der Waals surface area contributed by atoms with Crippen molar-refractivity contribution in [3.8, 4) is 0 Å². The molecule has 0 aliphatic rings. The summed E-state index contributed by atoms with van der Waals surface area (Å²) in [5.74, 6) is 0.780. The van der Waals surface area contributed by atoms with Gasteiger partial charge in [-0.2, -0.15) is 0 Å². The molecule has 0 aromatic rings. The van der Waals surface area contributed by atoms with E-state index >= 15 is 0 Å². The van der Waals surface area contributed by atoms with Crippen LogP contribution in [0.4, 0.5) is 0 Å². The zero-order chi connectivity index (χ0) is 6.41. The molecule has 0 heterocycles. The molecule has 2 N–H and O–H groups in total. The maximum absolute atomic E-state index is 5.43. The summed E-state index contributed by atoms with van der Waals surface area (Å²) in [6, 6.07) is 0. The van der Waals surface area contributed by atoms with Crippen molar-refractivity contribution >= 4 is 0 Å². The van der Waals surface area contributed by atoms with Gasteiger partial charge in [-0.05, 0) is 0 Å². The van der Waals surface area contributed by atoms with Crippen LogP contribution in [-0.4, -0.2) is 15.4 Å². The van der Waals surface area contributed by atoms with E-state index in [0.717, 1.165) is 12.5 Å². The molecule has 0 spiro atoms. The van der Waals surface area contributed by atoms with Crippen molar-refractivity contribution in [2.24, 2.45) is 11.7 Å². The van der Waals surface area contributed by atoms with Gasteiger partial charge >= 0.3 is 62.1 Å². The molecule has 0 rings (SSSR count). The third kappa shape index (κ3) is 4.84. The van der Waals surface area contributed by atoms with Gasteiger partial charge in [0.15, 0.2) is 0 Å². The van der Waals surface area contributed by atoms with E-state index in [0.29, 0.717) is 21.2 Å². The van der Waals surface area contributed by atoms with E-state index in [1.54, 1.807) is 0 Å². The molecule has 0 radical (unpaired) electrons. The van der Waals surface area contributed by atoms with E-state index in [-0.39, 0.29) is 0 Å². The number of hydrogen-bond donors (Lipinski definition) is 1. The van der Waals surface area contributed by atoms with Gasteiger partial charge < -0.3 is 0 Å². The first-order chi connectivity index (χ1) is 3.81. The Morgan fingerprint density at radius 3 is 2.62 bits per heavy atom. The molecule has 1 atom stereocenters. The summed E-state index contributed by atoms with van der Waals surface area (Å²) in [5.41, 5.74) is 5.43. The van der Waals surface area contributed by atoms with Crippen LogP contribution in [0.3, 0.4) is 0 Å². The fourth-order valence-electron chi connectivity index (χ4n) is 0.358. The van der Waals surface area contributed by atoms with Crippen LogP contribution >= 0.6 is 0 Å². The van der Waals surface area contributed by atoms with E-state index in [2.05, 4.69) is 13.8 Å². The zero-order valence-electron chi connectivity index (χ0n) is 5.65. The SMILES string of the molecule is CC[I-]C[C@@H](C)CN. The molecule has 52 valence electrons. The molecule has 0 bridgehead atoms. The Morgan fingerprint density at radius 2 is 2.25 bits per heavy atom. The normalized spacial score (nSPS) is 14.4. The van der Waals surface area contributed by atoms with Crippen molar-refractivity contribution in [2.75, 3.05) is 15.4 Å². The summed E-state index contributed by atoms with van der Waals surface area (Å²) < 4.78 is 2.81. The van der Waals surface area contributed by atoms with Gasteiger partial charge in [-0.1, -0.05) is 0 Å². The minimum absolute atomic E-state index is 0.501. The second-order valence-electron chi connectivity index (χ2n) is 1.95. The van der Waals surface area contributed by atoms with Crippen LogP contribution in [0.5, 0.6) is 0 Å². The fourth-order valence-corrected chi connectivity index (χ4v) is 2.40. The van der Waals surface area contributed by atoms with Crippen molar-refractivity contribution in [3.63, 3.8) is 0 Å². The average Bonchev–Trinajstić information content (AvgIpc) is 1.83. The molecule has 0 aliphatic heterocycles. The zero-order valence-corrected chi connectivity index (χ0v) is 7.81. The summed E-state index contributed by atoms with van der Waals surface area (Å²) >= 11 is 0.501. The van der Waals surface area contributed by atoms with Gasteiger partial charge in [-0.3, -0.25) is 0 Å². The third-order valence-electron chi connectivity index (χ3n) is 0.964. The van der Waals surface area contributed by atoms with Crippen LogP contribution in [-0.2, 0) is 0 Å². The quantitative estimate of drug-likeness (QED) is 0.424. The fraction of sp³-hybridized carbons (Fsp3) is 1.00. The number of hydrogen-bond acceptors (Lipinski definition) is 1. The number of alkyl halides is 2. The molecule has 0 saturated heterocycles. The van der Waals surface area contributed by atoms with Crippen LogP contribution in [0.25, 0.3) is 0 Å². The monoisotopic (exact) mass is 228 g/mol. The van der Waals surface area contributed by atoms with E-state index in [1.807, 2.05) is 0 Å². The predicted octanol–water partition coefficient (Wildman–Crippen LogP) is -2.31. The molecular weight excluding hydrogens is 213 g/mol. The van der Waals surface area contributed by atoms with Gasteiger partial charge in [0.05, 0.1) is 0 Å². The van der Waals surface area contributed by atoms with Crippen molar-refractivity contribution in [1.29, 1.82) is 0 Å². The van der Waals surface area contributed by atoms with Crippen molar-refractivity contribution < 1.29 is 21.2 Å². The van der Waals surface area contributed by atoms with E-state index in [9.17, 15) is 0 Å². The van der Waals surface area contributed by atoms with Gasteiger partial charge in [-0.15, -0.1) is 0 Å². The van der Waals surface area contributed by atoms with Crippen LogP contribution in [0.1, 0.15) is 13.8 Å². The summed E-state index contributed by atoms with van der Waals surface area (Å²) in [5, 5.41) is 0. The maximum atomic E-state index is 5.43. The molecule has 2 heteroatoms. The van der Waals surface area contributed by atoms with Gasteiger partial charge in [0.2, 0.25) is 0 Å². The molecule has 0 fully saturated rings. The van der Waals surface area contributed by atoms with E-state index < -0.39 is 0 Å². The van der Waals surface area contributed by atoms with Crippen LogP contribution in [0.15, 0.2) is 0 Å². The first-order valence-corrected chi connectivity index (χ1v) is 6.09. The molecule has 1 nitrogen and oxygen atoms in total. The van der Waals surface area contributed by atoms with Crippen LogP contribution in [0, 0.1) is 5.92 Å². The molecule has 0 saturated carbocycles. The third-order valence-corrected chi connectivity index (χ3v) is 4.17. The summed E-state index contributed by atoms with van der Waals surface area (Å²) in [6.07, 6.45) is 0. The number of rotatable bonds is 4. The van der Waals surface area contributed by atoms with Gasteiger partial charge in [-0.25, -0.2) is 0 Å². The Balaban J connectivity index is 2.86. The van der Waals surface area contributed by atoms with Crippen LogP contribution in [0.2, 0.25) is 0 Å². The Kier molecular flexibility index (Phi) is 6.32. The van der Waals surface area contributed by atoms with Gasteiger partial charge in [0.1, 0.15) is 0 Å². The first-order valence-electron chi connectivity index (χ1n) is 3.04. The Bertz CT molecular complexity index is 47.8. The second kappa shape index (κ2) is 5.82. The Labute approximate surface area is 62.3 Å². The average molecular weight is 228 g/mol. The topological polar surface area (TPSA) is 26.0 Å². The molecule has 0 amide bonds. The van der Waals surface area contributed by atoms with Crippen molar-refractivity contribution in [3.05, 3.63) is 0 Å². The number of nitrogens with two attached hydrogens (primary N) is 1. The summed E-state index contributed by atoms with van der Waals surface area (Å²) in [6.45, 7) is 5.37. The molecule has 0 aromatic heterocycles. The molecule has 0 aliphatic carbocycles. The Hall–Kier alpha value is 0.690. The Morgan fingerprint density at radius 1 is 1.62 bits per heavy atom. The van der Waals surface area contributed by atoms with Gasteiger partial charge in [0, 0.05) is 0 Å². The van der Waals surface area contributed by atoms with Crippen molar-refractivity contribution in [1.82, 2.24) is 0 Å². The van der Waals surface area contributed by atoms with Crippen LogP contribution < -0.4 is 26.9 Å². The van der Waals surface area contributed by atoms with Gasteiger partial charge in [0.25, 0.3) is 0 Å². The van der Waals surface area contributed by atoms with Crippen molar-refractivity contribution in [2.45, 2.75) is 13.8 Å². The molecule has 8 heavy (non-hydrogen) atoms.